The number of anilines is 1. The van der Waals surface area contributed by atoms with Crippen LogP contribution in [0.25, 0.3) is 16.8 Å². The van der Waals surface area contributed by atoms with Crippen LogP contribution in [0.5, 0.6) is 0 Å². The molecule has 1 fully saturated rings. The van der Waals surface area contributed by atoms with Crippen molar-refractivity contribution in [2.45, 2.75) is 6.42 Å². The minimum absolute atomic E-state index is 0.107. The second-order valence-electron chi connectivity index (χ2n) is 7.35. The maximum Gasteiger partial charge on any atom is 0.261 e. The molecular formula is C23H28N4O2. The molecule has 2 aromatic rings. The molecule has 152 valence electrons. The average molecular weight is 393 g/mol. The molecule has 29 heavy (non-hydrogen) atoms. The second-order valence-corrected chi connectivity index (χ2v) is 7.35. The average Bonchev–Trinajstić information content (AvgIpc) is 2.75. The molecule has 1 saturated heterocycles. The van der Waals surface area contributed by atoms with Gasteiger partial charge in [0.1, 0.15) is 11.6 Å². The Morgan fingerprint density at radius 1 is 1.17 bits per heavy atom. The van der Waals surface area contributed by atoms with Crippen LogP contribution in [0, 0.1) is 11.3 Å². The van der Waals surface area contributed by atoms with Crippen LogP contribution < -0.4 is 10.2 Å². The van der Waals surface area contributed by atoms with Crippen LogP contribution in [-0.4, -0.2) is 64.3 Å². The molecule has 1 N–H and O–H groups in total. The number of likely N-dealkylation sites (N-methyl/N-ethyl adjacent to an activating group) is 1. The number of carbonyl (C=O) groups is 1. The number of methoxy groups -OCH3 is 1. The number of benzene rings is 2. The molecule has 0 atom stereocenters. The predicted octanol–water partition coefficient (Wildman–Crippen LogP) is 2.65. The molecule has 0 aliphatic carbocycles. The third-order valence-corrected chi connectivity index (χ3v) is 5.20. The number of fused-ring (bicyclic) bond motifs is 1. The molecule has 1 amide bonds. The lowest BCUT2D eigenvalue weighted by molar-refractivity contribution is -0.117. The highest BCUT2D eigenvalue weighted by Gasteiger charge is 2.14. The summed E-state index contributed by atoms with van der Waals surface area (Å²) in [6.07, 6.45) is 2.35. The summed E-state index contributed by atoms with van der Waals surface area (Å²) in [7, 11) is 3.78. The summed E-state index contributed by atoms with van der Waals surface area (Å²) in [5.74, 6) is -0.353. The van der Waals surface area contributed by atoms with E-state index in [2.05, 4.69) is 40.4 Å². The van der Waals surface area contributed by atoms with Gasteiger partial charge in [-0.2, -0.15) is 5.26 Å². The van der Waals surface area contributed by atoms with Crippen molar-refractivity contribution >= 4 is 28.4 Å². The number of nitrogens with one attached hydrogen (secondary N) is 1. The predicted molar refractivity (Wildman–Crippen MR) is 117 cm³/mol. The molecule has 6 nitrogen and oxygen atoms in total. The third-order valence-electron chi connectivity index (χ3n) is 5.20. The largest absolute Gasteiger partial charge is 0.385 e. The number of rotatable bonds is 7. The minimum Gasteiger partial charge on any atom is -0.385 e. The Bertz CT molecular complexity index is 924. The topological polar surface area (TPSA) is 68.6 Å². The van der Waals surface area contributed by atoms with Gasteiger partial charge in [0, 0.05) is 52.1 Å². The SMILES string of the molecule is COCCCNC(=O)/C(C#N)=C/c1ccc2cc(N3CCN(C)CC3)ccc2c1. The van der Waals surface area contributed by atoms with Crippen molar-refractivity contribution in [3.8, 4) is 6.07 Å². The van der Waals surface area contributed by atoms with E-state index in [-0.39, 0.29) is 11.5 Å². The van der Waals surface area contributed by atoms with Crippen molar-refractivity contribution in [1.82, 2.24) is 10.2 Å². The van der Waals surface area contributed by atoms with Gasteiger partial charge in [0.25, 0.3) is 5.91 Å². The van der Waals surface area contributed by atoms with Crippen LogP contribution in [0.4, 0.5) is 5.69 Å². The number of hydrogen-bond acceptors (Lipinski definition) is 5. The van der Waals surface area contributed by atoms with E-state index in [0.29, 0.717) is 19.6 Å². The van der Waals surface area contributed by atoms with Crippen molar-refractivity contribution in [2.24, 2.45) is 0 Å². The highest BCUT2D eigenvalue weighted by molar-refractivity contribution is 6.02. The molecule has 1 aliphatic heterocycles. The number of nitrogens with zero attached hydrogens (tertiary/aromatic N) is 3. The van der Waals surface area contributed by atoms with Gasteiger partial charge < -0.3 is 19.9 Å². The molecule has 1 heterocycles. The Hall–Kier alpha value is -2.88. The van der Waals surface area contributed by atoms with Gasteiger partial charge in [-0.05, 0) is 54.1 Å². The Morgan fingerprint density at radius 3 is 2.62 bits per heavy atom. The number of hydrogen-bond donors (Lipinski definition) is 1. The first-order chi connectivity index (χ1) is 14.1. The molecule has 0 unspecified atom stereocenters. The first kappa shape index (κ1) is 20.8. The van der Waals surface area contributed by atoms with Gasteiger partial charge in [0.05, 0.1) is 0 Å². The lowest BCUT2D eigenvalue weighted by Gasteiger charge is -2.34. The smallest absolute Gasteiger partial charge is 0.261 e. The number of amides is 1. The van der Waals surface area contributed by atoms with Crippen molar-refractivity contribution < 1.29 is 9.53 Å². The monoisotopic (exact) mass is 392 g/mol. The third kappa shape index (κ3) is 5.57. The second kappa shape index (κ2) is 10.1. The van der Waals surface area contributed by atoms with Crippen LogP contribution in [0.1, 0.15) is 12.0 Å². The van der Waals surface area contributed by atoms with Crippen molar-refractivity contribution in [1.29, 1.82) is 5.26 Å². The maximum absolute atomic E-state index is 12.2. The standard InChI is InChI=1S/C23H28N4O2/c1-26-9-11-27(12-10-26)22-7-6-19-14-18(4-5-20(19)16-22)15-21(17-24)23(28)25-8-3-13-29-2/h4-7,14-16H,3,8-13H2,1-2H3,(H,25,28)/b21-15+. The summed E-state index contributed by atoms with van der Waals surface area (Å²) in [5, 5.41) is 14.4. The van der Waals surface area contributed by atoms with Crippen molar-refractivity contribution in [2.75, 3.05) is 58.4 Å². The number of ether oxygens (including phenoxy) is 1. The first-order valence-corrected chi connectivity index (χ1v) is 9.97. The lowest BCUT2D eigenvalue weighted by Crippen LogP contribution is -2.44. The molecule has 6 heteroatoms. The molecule has 2 aromatic carbocycles. The quantitative estimate of drug-likeness (QED) is 0.446. The first-order valence-electron chi connectivity index (χ1n) is 9.97. The minimum atomic E-state index is -0.353. The number of nitriles is 1. The van der Waals surface area contributed by atoms with E-state index in [1.165, 1.54) is 5.69 Å². The van der Waals surface area contributed by atoms with Gasteiger partial charge in [0.2, 0.25) is 0 Å². The fourth-order valence-electron chi connectivity index (χ4n) is 3.43. The summed E-state index contributed by atoms with van der Waals surface area (Å²) in [6, 6.07) is 14.5. The van der Waals surface area contributed by atoms with Gasteiger partial charge in [-0.3, -0.25) is 4.79 Å². The molecule has 0 saturated carbocycles. The van der Waals surface area contributed by atoms with Crippen LogP contribution in [0.15, 0.2) is 42.0 Å². The highest BCUT2D eigenvalue weighted by Crippen LogP contribution is 2.25. The Labute approximate surface area is 172 Å². The van der Waals surface area contributed by atoms with Crippen LogP contribution in [0.3, 0.4) is 0 Å². The van der Waals surface area contributed by atoms with Crippen LogP contribution in [-0.2, 0) is 9.53 Å². The van der Waals surface area contributed by atoms with Gasteiger partial charge >= 0.3 is 0 Å². The Kier molecular flexibility index (Phi) is 7.23. The fraction of sp³-hybridized carbons (Fsp3) is 0.391. The molecular weight excluding hydrogens is 364 g/mol. The highest BCUT2D eigenvalue weighted by atomic mass is 16.5. The van der Waals surface area contributed by atoms with Gasteiger partial charge in [-0.1, -0.05) is 18.2 Å². The molecule has 3 rings (SSSR count). The molecule has 0 radical (unpaired) electrons. The maximum atomic E-state index is 12.2. The van der Waals surface area contributed by atoms with E-state index >= 15 is 0 Å². The van der Waals surface area contributed by atoms with E-state index in [1.807, 2.05) is 24.3 Å². The van der Waals surface area contributed by atoms with E-state index in [9.17, 15) is 10.1 Å². The van der Waals surface area contributed by atoms with E-state index in [0.717, 1.165) is 42.5 Å². The van der Waals surface area contributed by atoms with Crippen molar-refractivity contribution in [3.63, 3.8) is 0 Å². The zero-order chi connectivity index (χ0) is 20.6. The molecule has 1 aliphatic rings. The van der Waals surface area contributed by atoms with Gasteiger partial charge in [-0.15, -0.1) is 0 Å². The Balaban J connectivity index is 1.73. The normalized spacial score (nSPS) is 15.3. The van der Waals surface area contributed by atoms with Crippen LogP contribution in [0.2, 0.25) is 0 Å². The van der Waals surface area contributed by atoms with E-state index in [1.54, 1.807) is 13.2 Å². The zero-order valence-corrected chi connectivity index (χ0v) is 17.1. The number of piperazine rings is 1. The van der Waals surface area contributed by atoms with E-state index in [4.69, 9.17) is 4.74 Å². The summed E-state index contributed by atoms with van der Waals surface area (Å²) in [4.78, 5) is 17.0. The number of carbonyl (C=O) groups excluding carboxylic acids is 1. The fourth-order valence-corrected chi connectivity index (χ4v) is 3.43. The summed E-state index contributed by atoms with van der Waals surface area (Å²) < 4.78 is 4.96. The van der Waals surface area contributed by atoms with Gasteiger partial charge in [0.15, 0.2) is 0 Å². The lowest BCUT2D eigenvalue weighted by atomic mass is 10.0. The van der Waals surface area contributed by atoms with Gasteiger partial charge in [-0.25, -0.2) is 0 Å². The van der Waals surface area contributed by atoms with Crippen LogP contribution >= 0.6 is 0 Å². The molecule has 0 aromatic heterocycles. The van der Waals surface area contributed by atoms with E-state index < -0.39 is 0 Å². The zero-order valence-electron chi connectivity index (χ0n) is 17.1. The summed E-state index contributed by atoms with van der Waals surface area (Å²) in [6.45, 7) is 5.28. The summed E-state index contributed by atoms with van der Waals surface area (Å²) >= 11 is 0. The summed E-state index contributed by atoms with van der Waals surface area (Å²) in [5.41, 5.74) is 2.19. The molecule has 0 bridgehead atoms. The molecule has 0 spiro atoms. The van der Waals surface area contributed by atoms with Crippen molar-refractivity contribution in [3.05, 3.63) is 47.5 Å². The Morgan fingerprint density at radius 2 is 1.90 bits per heavy atom.